The van der Waals surface area contributed by atoms with Crippen molar-refractivity contribution in [1.29, 1.82) is 0 Å². The Balaban J connectivity index is 3.13. The molecule has 6 heteroatoms. The summed E-state index contributed by atoms with van der Waals surface area (Å²) in [6, 6.07) is 0. The van der Waals surface area contributed by atoms with Gasteiger partial charge >= 0.3 is 11.9 Å². The molecular formula is C13H20O6. The standard InChI is InChI=1S/C13H20O6/c1-4-18-10(16)13(11(17)19-5-2)6-9(15)12(3,7-13)8-14/h14H,4-8H2,1-3H3. The van der Waals surface area contributed by atoms with Gasteiger partial charge in [-0.2, -0.15) is 0 Å². The van der Waals surface area contributed by atoms with Crippen molar-refractivity contribution in [3.63, 3.8) is 0 Å². The van der Waals surface area contributed by atoms with Gasteiger partial charge in [-0.25, -0.2) is 0 Å². The SMILES string of the molecule is CCOC(=O)C1(C(=O)OCC)CC(=O)C(C)(CO)C1. The molecule has 0 aromatic heterocycles. The molecule has 0 aromatic rings. The second kappa shape index (κ2) is 5.69. The maximum absolute atomic E-state index is 12.1. The molecular weight excluding hydrogens is 252 g/mol. The molecule has 0 saturated heterocycles. The molecule has 0 bridgehead atoms. The summed E-state index contributed by atoms with van der Waals surface area (Å²) < 4.78 is 9.82. The molecule has 1 rings (SSSR count). The fourth-order valence-electron chi connectivity index (χ4n) is 2.37. The lowest BCUT2D eigenvalue weighted by Gasteiger charge is -2.26. The van der Waals surface area contributed by atoms with Gasteiger partial charge in [-0.3, -0.25) is 14.4 Å². The maximum atomic E-state index is 12.1. The summed E-state index contributed by atoms with van der Waals surface area (Å²) in [5, 5.41) is 9.33. The first-order chi connectivity index (χ1) is 8.86. The van der Waals surface area contributed by atoms with Crippen LogP contribution in [-0.2, 0) is 23.9 Å². The van der Waals surface area contributed by atoms with E-state index in [9.17, 15) is 19.5 Å². The van der Waals surface area contributed by atoms with Crippen molar-refractivity contribution >= 4 is 17.7 Å². The molecule has 0 aliphatic heterocycles. The summed E-state index contributed by atoms with van der Waals surface area (Å²) in [5.41, 5.74) is -2.71. The van der Waals surface area contributed by atoms with Gasteiger partial charge in [0.05, 0.1) is 25.2 Å². The van der Waals surface area contributed by atoms with Crippen LogP contribution >= 0.6 is 0 Å². The number of hydrogen-bond donors (Lipinski definition) is 1. The lowest BCUT2D eigenvalue weighted by atomic mass is 9.80. The van der Waals surface area contributed by atoms with Gasteiger partial charge in [0.2, 0.25) is 0 Å². The molecule has 6 nitrogen and oxygen atoms in total. The zero-order valence-corrected chi connectivity index (χ0v) is 11.5. The highest BCUT2D eigenvalue weighted by Gasteiger charge is 2.61. The van der Waals surface area contributed by atoms with Crippen LogP contribution < -0.4 is 0 Å². The monoisotopic (exact) mass is 272 g/mol. The first-order valence-corrected chi connectivity index (χ1v) is 6.35. The maximum Gasteiger partial charge on any atom is 0.323 e. The Hall–Kier alpha value is -1.43. The Labute approximate surface area is 112 Å². The molecule has 1 unspecified atom stereocenters. The van der Waals surface area contributed by atoms with Crippen LogP contribution in [0.4, 0.5) is 0 Å². The van der Waals surface area contributed by atoms with Crippen molar-refractivity contribution in [2.45, 2.75) is 33.6 Å². The lowest BCUT2D eigenvalue weighted by molar-refractivity contribution is -0.172. The first kappa shape index (κ1) is 15.6. The van der Waals surface area contributed by atoms with Gasteiger partial charge in [0.1, 0.15) is 5.78 Å². The van der Waals surface area contributed by atoms with Crippen LogP contribution in [0.1, 0.15) is 33.6 Å². The second-order valence-corrected chi connectivity index (χ2v) is 5.02. The van der Waals surface area contributed by atoms with Crippen molar-refractivity contribution in [3.8, 4) is 0 Å². The highest BCUT2D eigenvalue weighted by molar-refractivity contribution is 6.08. The largest absolute Gasteiger partial charge is 0.465 e. The third-order valence-corrected chi connectivity index (χ3v) is 3.51. The van der Waals surface area contributed by atoms with Crippen molar-refractivity contribution in [1.82, 2.24) is 0 Å². The van der Waals surface area contributed by atoms with E-state index >= 15 is 0 Å². The molecule has 1 saturated carbocycles. The van der Waals surface area contributed by atoms with E-state index < -0.39 is 29.4 Å². The number of ether oxygens (including phenoxy) is 2. The molecule has 0 radical (unpaired) electrons. The summed E-state index contributed by atoms with van der Waals surface area (Å²) >= 11 is 0. The molecule has 1 aliphatic rings. The average Bonchev–Trinajstić information content (AvgIpc) is 2.65. The van der Waals surface area contributed by atoms with Gasteiger partial charge in [0, 0.05) is 6.42 Å². The molecule has 1 N–H and O–H groups in total. The number of ketones is 1. The molecule has 1 atom stereocenters. The molecule has 108 valence electrons. The lowest BCUT2D eigenvalue weighted by Crippen LogP contribution is -2.41. The van der Waals surface area contributed by atoms with Crippen LogP contribution in [0.2, 0.25) is 0 Å². The number of esters is 2. The van der Waals surface area contributed by atoms with Crippen LogP contribution in [0.5, 0.6) is 0 Å². The van der Waals surface area contributed by atoms with E-state index in [4.69, 9.17) is 9.47 Å². The molecule has 0 aromatic carbocycles. The van der Waals surface area contributed by atoms with E-state index in [-0.39, 0.29) is 31.8 Å². The van der Waals surface area contributed by atoms with Crippen LogP contribution in [0, 0.1) is 10.8 Å². The van der Waals surface area contributed by atoms with Gasteiger partial charge in [-0.1, -0.05) is 6.92 Å². The van der Waals surface area contributed by atoms with E-state index in [0.29, 0.717) is 0 Å². The van der Waals surface area contributed by atoms with E-state index in [1.54, 1.807) is 13.8 Å². The smallest absolute Gasteiger partial charge is 0.323 e. The number of aliphatic hydroxyl groups excluding tert-OH is 1. The summed E-state index contributed by atoms with van der Waals surface area (Å²) in [6.45, 7) is 4.60. The van der Waals surface area contributed by atoms with Gasteiger partial charge in [0.25, 0.3) is 0 Å². The third-order valence-electron chi connectivity index (χ3n) is 3.51. The van der Waals surface area contributed by atoms with E-state index in [0.717, 1.165) is 0 Å². The quantitative estimate of drug-likeness (QED) is 0.577. The zero-order chi connectivity index (χ0) is 14.7. The minimum Gasteiger partial charge on any atom is -0.465 e. The van der Waals surface area contributed by atoms with E-state index in [2.05, 4.69) is 0 Å². The highest BCUT2D eigenvalue weighted by atomic mass is 16.6. The molecule has 0 heterocycles. The number of hydrogen-bond acceptors (Lipinski definition) is 6. The van der Waals surface area contributed by atoms with Crippen molar-refractivity contribution in [3.05, 3.63) is 0 Å². The van der Waals surface area contributed by atoms with Crippen LogP contribution in [0.15, 0.2) is 0 Å². The second-order valence-electron chi connectivity index (χ2n) is 5.02. The fourth-order valence-corrected chi connectivity index (χ4v) is 2.37. The van der Waals surface area contributed by atoms with Crippen molar-refractivity contribution in [2.24, 2.45) is 10.8 Å². The topological polar surface area (TPSA) is 89.9 Å². The van der Waals surface area contributed by atoms with Crippen molar-refractivity contribution < 1.29 is 29.0 Å². The normalized spacial score (nSPS) is 25.2. The Morgan fingerprint density at radius 2 is 1.68 bits per heavy atom. The first-order valence-electron chi connectivity index (χ1n) is 6.35. The highest BCUT2D eigenvalue weighted by Crippen LogP contribution is 2.48. The molecule has 1 fully saturated rings. The minimum absolute atomic E-state index is 0.0764. The summed E-state index contributed by atoms with van der Waals surface area (Å²) in [4.78, 5) is 36.1. The Kier molecular flexibility index (Phi) is 4.68. The number of carbonyl (C=O) groups is 3. The number of rotatable bonds is 5. The molecule has 0 spiro atoms. The van der Waals surface area contributed by atoms with E-state index in [1.165, 1.54) is 6.92 Å². The van der Waals surface area contributed by atoms with Gasteiger partial charge < -0.3 is 14.6 Å². The molecule has 1 aliphatic carbocycles. The van der Waals surface area contributed by atoms with Crippen LogP contribution in [0.3, 0.4) is 0 Å². The van der Waals surface area contributed by atoms with Gasteiger partial charge in [-0.05, 0) is 20.3 Å². The third kappa shape index (κ3) is 2.63. The Morgan fingerprint density at radius 1 is 1.21 bits per heavy atom. The predicted molar refractivity (Wildman–Crippen MR) is 65.1 cm³/mol. The van der Waals surface area contributed by atoms with Gasteiger partial charge in [0.15, 0.2) is 5.41 Å². The summed E-state index contributed by atoms with van der Waals surface area (Å²) in [5.74, 6) is -1.82. The van der Waals surface area contributed by atoms with E-state index in [1.807, 2.05) is 0 Å². The predicted octanol–water partition coefficient (Wildman–Crippen LogP) is 0.460. The molecule has 19 heavy (non-hydrogen) atoms. The van der Waals surface area contributed by atoms with Gasteiger partial charge in [-0.15, -0.1) is 0 Å². The summed E-state index contributed by atoms with van der Waals surface area (Å²) in [6.07, 6.45) is -0.352. The number of Topliss-reactive ketones (excluding diaryl/α,β-unsaturated/α-hetero) is 1. The summed E-state index contributed by atoms with van der Waals surface area (Å²) in [7, 11) is 0. The zero-order valence-electron chi connectivity index (χ0n) is 11.5. The minimum atomic E-state index is -1.61. The van der Waals surface area contributed by atoms with Crippen LogP contribution in [0.25, 0.3) is 0 Å². The molecule has 0 amide bonds. The number of carbonyl (C=O) groups excluding carboxylic acids is 3. The van der Waals surface area contributed by atoms with Crippen molar-refractivity contribution in [2.75, 3.05) is 19.8 Å². The fraction of sp³-hybridized carbons (Fsp3) is 0.769. The van der Waals surface area contributed by atoms with Crippen LogP contribution in [-0.4, -0.2) is 42.6 Å². The Morgan fingerprint density at radius 3 is 2.00 bits per heavy atom. The Bertz CT molecular complexity index is 371. The average molecular weight is 272 g/mol. The number of aliphatic hydroxyl groups is 1.